The Morgan fingerprint density at radius 3 is 2.47 bits per heavy atom. The lowest BCUT2D eigenvalue weighted by atomic mass is 10.1. The van der Waals surface area contributed by atoms with Gasteiger partial charge in [-0.3, -0.25) is 4.79 Å². The largest absolute Gasteiger partial charge is 0.351 e. The molecule has 1 amide bonds. The van der Waals surface area contributed by atoms with E-state index in [0.717, 1.165) is 10.6 Å². The fraction of sp³-hybridized carbons (Fsp3) is 0.308. The summed E-state index contributed by atoms with van der Waals surface area (Å²) in [5, 5.41) is 2.62. The molecule has 1 rings (SSSR count). The third-order valence-corrected chi connectivity index (χ3v) is 3.93. The van der Waals surface area contributed by atoms with Gasteiger partial charge in [0.25, 0.3) is 0 Å². The molecule has 19 heavy (non-hydrogen) atoms. The number of nitrogens with zero attached hydrogens (tertiary/aromatic N) is 1. The van der Waals surface area contributed by atoms with Gasteiger partial charge >= 0.3 is 0 Å². The zero-order chi connectivity index (χ0) is 14.5. The van der Waals surface area contributed by atoms with Crippen molar-refractivity contribution >= 4 is 15.9 Å². The number of likely N-dealkylation sites (N-methyl/N-ethyl adjacent to an activating group) is 1. The molecule has 0 spiro atoms. The van der Waals surface area contributed by atoms with Crippen LogP contribution in [0.5, 0.6) is 0 Å². The van der Waals surface area contributed by atoms with Gasteiger partial charge in [-0.2, -0.15) is 4.31 Å². The Morgan fingerprint density at radius 1 is 1.42 bits per heavy atom. The number of amides is 1. The van der Waals surface area contributed by atoms with E-state index in [1.54, 1.807) is 30.3 Å². The van der Waals surface area contributed by atoms with E-state index in [-0.39, 0.29) is 5.91 Å². The van der Waals surface area contributed by atoms with Crippen LogP contribution < -0.4 is 5.32 Å². The maximum Gasteiger partial charge on any atom is 0.243 e. The van der Waals surface area contributed by atoms with E-state index in [9.17, 15) is 13.2 Å². The molecule has 1 aromatic carbocycles. The maximum atomic E-state index is 12.1. The van der Waals surface area contributed by atoms with Crippen LogP contribution in [0.2, 0.25) is 0 Å². The molecule has 1 N–H and O–H groups in total. The number of nitrogens with one attached hydrogen (secondary N) is 1. The molecule has 1 atom stereocenters. The zero-order valence-electron chi connectivity index (χ0n) is 11.0. The summed E-state index contributed by atoms with van der Waals surface area (Å²) in [5.74, 6) is -0.376. The van der Waals surface area contributed by atoms with Crippen LogP contribution in [0.3, 0.4) is 0 Å². The average Bonchev–Trinajstić information content (AvgIpc) is 2.36. The smallest absolute Gasteiger partial charge is 0.243 e. The van der Waals surface area contributed by atoms with E-state index in [1.165, 1.54) is 7.05 Å². The normalized spacial score (nSPS) is 13.0. The molecule has 0 aliphatic heterocycles. The molecule has 0 bridgehead atoms. The van der Waals surface area contributed by atoms with E-state index in [0.29, 0.717) is 12.1 Å². The van der Waals surface area contributed by atoms with E-state index in [2.05, 4.69) is 11.9 Å². The molecule has 0 radical (unpaired) electrons. The molecule has 0 aromatic heterocycles. The predicted molar refractivity (Wildman–Crippen MR) is 75.0 cm³/mol. The second-order valence-electron chi connectivity index (χ2n) is 4.13. The summed E-state index contributed by atoms with van der Waals surface area (Å²) < 4.78 is 24.4. The minimum atomic E-state index is -3.47. The van der Waals surface area contributed by atoms with Gasteiger partial charge in [0.15, 0.2) is 0 Å². The lowest BCUT2D eigenvalue weighted by molar-refractivity contribution is -0.124. The number of hydrogen-bond acceptors (Lipinski definition) is 3. The number of carbonyl (C=O) groups excluding carboxylic acids is 1. The molecular formula is C13H18N2O3S. The first-order valence-corrected chi connectivity index (χ1v) is 7.59. The second-order valence-corrected chi connectivity index (χ2v) is 6.17. The van der Waals surface area contributed by atoms with E-state index >= 15 is 0 Å². The maximum absolute atomic E-state index is 12.1. The summed E-state index contributed by atoms with van der Waals surface area (Å²) in [7, 11) is -2.08. The summed E-state index contributed by atoms with van der Waals surface area (Å²) in [5.41, 5.74) is 0.622. The van der Waals surface area contributed by atoms with Crippen LogP contribution in [-0.2, 0) is 14.8 Å². The number of carbonyl (C=O) groups is 1. The van der Waals surface area contributed by atoms with E-state index in [4.69, 9.17) is 0 Å². The van der Waals surface area contributed by atoms with Crippen LogP contribution in [0.1, 0.15) is 11.6 Å². The number of sulfonamides is 1. The summed E-state index contributed by atoms with van der Waals surface area (Å²) in [6.07, 6.45) is 2.62. The zero-order valence-corrected chi connectivity index (χ0v) is 11.9. The third kappa shape index (κ3) is 4.18. The van der Waals surface area contributed by atoms with Crippen LogP contribution >= 0.6 is 0 Å². The predicted octanol–water partition coefficient (Wildman–Crippen LogP) is 0.921. The summed E-state index contributed by atoms with van der Waals surface area (Å²) in [6.45, 7) is 3.80. The SMILES string of the molecule is C=CCNC(=O)C(c1ccccc1)N(C)S(C)(=O)=O. The van der Waals surface area contributed by atoms with Crippen molar-refractivity contribution in [2.45, 2.75) is 6.04 Å². The highest BCUT2D eigenvalue weighted by molar-refractivity contribution is 7.88. The second kappa shape index (κ2) is 6.49. The van der Waals surface area contributed by atoms with Gasteiger partial charge in [0.05, 0.1) is 6.26 Å². The minimum absolute atomic E-state index is 0.291. The van der Waals surface area contributed by atoms with Gasteiger partial charge in [-0.1, -0.05) is 36.4 Å². The fourth-order valence-corrected chi connectivity index (χ4v) is 2.22. The van der Waals surface area contributed by atoms with Crippen molar-refractivity contribution in [3.8, 4) is 0 Å². The topological polar surface area (TPSA) is 66.5 Å². The van der Waals surface area contributed by atoms with Gasteiger partial charge in [0.2, 0.25) is 15.9 Å². The molecule has 0 saturated heterocycles. The monoisotopic (exact) mass is 282 g/mol. The highest BCUT2D eigenvalue weighted by Gasteiger charge is 2.30. The molecule has 1 aromatic rings. The van der Waals surface area contributed by atoms with E-state index < -0.39 is 16.1 Å². The van der Waals surface area contributed by atoms with Gasteiger partial charge in [-0.25, -0.2) is 8.42 Å². The summed E-state index contributed by atoms with van der Waals surface area (Å²) in [6, 6.07) is 7.90. The van der Waals surface area contributed by atoms with E-state index in [1.807, 2.05) is 6.07 Å². The molecular weight excluding hydrogens is 264 g/mol. The Kier molecular flexibility index (Phi) is 5.26. The van der Waals surface area contributed by atoms with Crippen molar-refractivity contribution in [3.05, 3.63) is 48.6 Å². The number of rotatable bonds is 6. The van der Waals surface area contributed by atoms with Gasteiger partial charge in [0.1, 0.15) is 6.04 Å². The van der Waals surface area contributed by atoms with Crippen LogP contribution in [-0.4, -0.2) is 38.5 Å². The average molecular weight is 282 g/mol. The fourth-order valence-electron chi connectivity index (χ4n) is 1.62. The lowest BCUT2D eigenvalue weighted by Gasteiger charge is -2.25. The first kappa shape index (κ1) is 15.4. The standard InChI is InChI=1S/C13H18N2O3S/c1-4-10-14-13(16)12(15(2)19(3,17)18)11-8-6-5-7-9-11/h4-9,12H,1,10H2,2-3H3,(H,14,16). The third-order valence-electron chi connectivity index (χ3n) is 2.67. The van der Waals surface area contributed by atoms with Gasteiger partial charge in [-0.15, -0.1) is 6.58 Å². The highest BCUT2D eigenvalue weighted by atomic mass is 32.2. The van der Waals surface area contributed by atoms with Crippen molar-refractivity contribution in [2.24, 2.45) is 0 Å². The van der Waals surface area contributed by atoms with Gasteiger partial charge in [0, 0.05) is 13.6 Å². The quantitative estimate of drug-likeness (QED) is 0.789. The molecule has 6 heteroatoms. The van der Waals surface area contributed by atoms with Crippen LogP contribution in [0.4, 0.5) is 0 Å². The minimum Gasteiger partial charge on any atom is -0.351 e. The van der Waals surface area contributed by atoms with Gasteiger partial charge in [-0.05, 0) is 5.56 Å². The van der Waals surface area contributed by atoms with Crippen molar-refractivity contribution < 1.29 is 13.2 Å². The van der Waals surface area contributed by atoms with Crippen molar-refractivity contribution in [2.75, 3.05) is 19.8 Å². The molecule has 5 nitrogen and oxygen atoms in total. The molecule has 0 saturated carbocycles. The summed E-state index contributed by atoms with van der Waals surface area (Å²) in [4.78, 5) is 12.1. The summed E-state index contributed by atoms with van der Waals surface area (Å²) >= 11 is 0. The Hall–Kier alpha value is -1.66. The molecule has 0 aliphatic rings. The number of hydrogen-bond donors (Lipinski definition) is 1. The van der Waals surface area contributed by atoms with Crippen LogP contribution in [0, 0.1) is 0 Å². The Balaban J connectivity index is 3.11. The van der Waals surface area contributed by atoms with Crippen LogP contribution in [0.15, 0.2) is 43.0 Å². The van der Waals surface area contributed by atoms with Gasteiger partial charge < -0.3 is 5.32 Å². The first-order chi connectivity index (χ1) is 8.88. The lowest BCUT2D eigenvalue weighted by Crippen LogP contribution is -2.41. The Morgan fingerprint density at radius 2 is 2.00 bits per heavy atom. The Labute approximate surface area is 114 Å². The Bertz CT molecular complexity index is 540. The molecule has 1 unspecified atom stereocenters. The van der Waals surface area contributed by atoms with Crippen LogP contribution in [0.25, 0.3) is 0 Å². The molecule has 0 fully saturated rings. The first-order valence-electron chi connectivity index (χ1n) is 5.74. The molecule has 0 aliphatic carbocycles. The van der Waals surface area contributed by atoms with Crippen molar-refractivity contribution in [1.82, 2.24) is 9.62 Å². The van der Waals surface area contributed by atoms with Crippen molar-refractivity contribution in [3.63, 3.8) is 0 Å². The number of benzene rings is 1. The van der Waals surface area contributed by atoms with Crippen molar-refractivity contribution in [1.29, 1.82) is 0 Å². The highest BCUT2D eigenvalue weighted by Crippen LogP contribution is 2.21. The molecule has 0 heterocycles. The molecule has 104 valence electrons.